The van der Waals surface area contributed by atoms with Gasteiger partial charge in [0.05, 0.1) is 17.9 Å². The minimum Gasteiger partial charge on any atom is -0.489 e. The maximum Gasteiger partial charge on any atom is 0.332 e. The molecule has 1 aliphatic heterocycles. The molecule has 2 aromatic rings. The number of halogens is 1. The lowest BCUT2D eigenvalue weighted by Gasteiger charge is -2.28. The van der Waals surface area contributed by atoms with Gasteiger partial charge in [0, 0.05) is 23.3 Å². The van der Waals surface area contributed by atoms with Crippen LogP contribution in [0.15, 0.2) is 46.9 Å². The molecule has 0 bridgehead atoms. The molecule has 0 aromatic heterocycles. The third-order valence-electron chi connectivity index (χ3n) is 3.72. The van der Waals surface area contributed by atoms with Crippen molar-refractivity contribution < 1.29 is 14.3 Å². The van der Waals surface area contributed by atoms with E-state index in [2.05, 4.69) is 26.1 Å². The average Bonchev–Trinajstić information content (AvgIpc) is 2.55. The van der Waals surface area contributed by atoms with E-state index in [0.717, 1.165) is 21.6 Å². The summed E-state index contributed by atoms with van der Waals surface area (Å²) < 4.78 is 6.46. The summed E-state index contributed by atoms with van der Waals surface area (Å²) in [5, 5.41) is 2.70. The Morgan fingerprint density at radius 3 is 2.92 bits per heavy atom. The minimum absolute atomic E-state index is 0.451. The van der Waals surface area contributed by atoms with E-state index >= 15 is 0 Å². The van der Waals surface area contributed by atoms with E-state index in [1.54, 1.807) is 30.3 Å². The second kappa shape index (κ2) is 6.92. The molecule has 0 atom stereocenters. The third-order valence-corrected chi connectivity index (χ3v) is 4.21. The van der Waals surface area contributed by atoms with Gasteiger partial charge in [-0.25, -0.2) is 9.69 Å². The Hall–Kier alpha value is -2.54. The predicted molar refractivity (Wildman–Crippen MR) is 96.9 cm³/mol. The third kappa shape index (κ3) is 3.35. The fourth-order valence-electron chi connectivity index (χ4n) is 2.47. The monoisotopic (exact) mass is 389 g/mol. The Bertz CT molecular complexity index is 781. The minimum atomic E-state index is -0.535. The van der Waals surface area contributed by atoms with Crippen LogP contribution in [0.2, 0.25) is 0 Å². The van der Waals surface area contributed by atoms with Gasteiger partial charge >= 0.3 is 6.03 Å². The Kier molecular flexibility index (Phi) is 4.71. The molecule has 3 rings (SSSR count). The first-order valence-electron chi connectivity index (χ1n) is 7.37. The van der Waals surface area contributed by atoms with Gasteiger partial charge < -0.3 is 15.0 Å². The van der Waals surface area contributed by atoms with Crippen LogP contribution in [0, 0.1) is 0 Å². The van der Waals surface area contributed by atoms with Gasteiger partial charge in [-0.15, -0.1) is 0 Å². The Morgan fingerprint density at radius 1 is 1.33 bits per heavy atom. The second-order valence-corrected chi connectivity index (χ2v) is 6.25. The molecule has 0 aliphatic carbocycles. The molecule has 6 nitrogen and oxygen atoms in total. The smallest absolute Gasteiger partial charge is 0.332 e. The number of nitrogens with one attached hydrogen (secondary N) is 1. The lowest BCUT2D eigenvalue weighted by Crippen LogP contribution is -2.34. The molecule has 0 fully saturated rings. The average molecular weight is 390 g/mol. The number of benzene rings is 2. The van der Waals surface area contributed by atoms with E-state index in [9.17, 15) is 9.59 Å². The van der Waals surface area contributed by atoms with Crippen molar-refractivity contribution in [1.29, 1.82) is 0 Å². The van der Waals surface area contributed by atoms with Gasteiger partial charge in [-0.2, -0.15) is 0 Å². The fraction of sp³-hybridized carbons (Fsp3) is 0.176. The summed E-state index contributed by atoms with van der Waals surface area (Å²) in [4.78, 5) is 26.9. The molecule has 0 spiro atoms. The summed E-state index contributed by atoms with van der Waals surface area (Å²) in [5.41, 5.74) is 1.98. The first-order chi connectivity index (χ1) is 11.6. The number of carbonyl (C=O) groups excluding carboxylic acids is 2. The molecule has 2 aromatic carbocycles. The summed E-state index contributed by atoms with van der Waals surface area (Å²) in [5.74, 6) is 0.656. The maximum atomic E-state index is 12.4. The molecule has 24 heavy (non-hydrogen) atoms. The normalized spacial score (nSPS) is 12.8. The molecule has 1 heterocycles. The van der Waals surface area contributed by atoms with E-state index in [4.69, 9.17) is 4.74 Å². The molecule has 0 saturated heterocycles. The van der Waals surface area contributed by atoms with Crippen LogP contribution in [0.5, 0.6) is 5.75 Å². The number of anilines is 3. The van der Waals surface area contributed by atoms with E-state index in [0.29, 0.717) is 30.1 Å². The number of carbonyl (C=O) groups is 2. The fourth-order valence-corrected chi connectivity index (χ4v) is 2.87. The lowest BCUT2D eigenvalue weighted by molar-refractivity contribution is -0.106. The van der Waals surface area contributed by atoms with E-state index < -0.39 is 6.03 Å². The number of hydrogen-bond acceptors (Lipinski definition) is 4. The number of ether oxygens (including phenoxy) is 1. The summed E-state index contributed by atoms with van der Waals surface area (Å²) in [6.45, 7) is 1.37. The summed E-state index contributed by atoms with van der Waals surface area (Å²) in [6, 6.07) is 11.9. The van der Waals surface area contributed by atoms with Crippen molar-refractivity contribution in [3.8, 4) is 5.75 Å². The molecule has 1 aliphatic rings. The van der Waals surface area contributed by atoms with Crippen LogP contribution in [0.1, 0.15) is 0 Å². The van der Waals surface area contributed by atoms with Crippen LogP contribution in [0.25, 0.3) is 0 Å². The van der Waals surface area contributed by atoms with Crippen molar-refractivity contribution in [2.45, 2.75) is 0 Å². The highest BCUT2D eigenvalue weighted by molar-refractivity contribution is 9.10. The van der Waals surface area contributed by atoms with Gasteiger partial charge in [-0.1, -0.05) is 22.0 Å². The SMILES string of the molecule is CN1CCOc2cc(N(C=O)C(=O)Nc3cccc(Br)c3)ccc21. The number of fused-ring (bicyclic) bond motifs is 1. The quantitative estimate of drug-likeness (QED) is 0.816. The first kappa shape index (κ1) is 16.3. The molecular formula is C17H16BrN3O3. The lowest BCUT2D eigenvalue weighted by atomic mass is 10.2. The second-order valence-electron chi connectivity index (χ2n) is 5.34. The van der Waals surface area contributed by atoms with E-state index in [1.807, 2.05) is 19.2 Å². The zero-order valence-corrected chi connectivity index (χ0v) is 14.6. The van der Waals surface area contributed by atoms with Crippen molar-refractivity contribution >= 4 is 45.4 Å². The maximum absolute atomic E-state index is 12.4. The summed E-state index contributed by atoms with van der Waals surface area (Å²) in [7, 11) is 1.97. The van der Waals surface area contributed by atoms with Gasteiger partial charge in [0.15, 0.2) is 0 Å². The van der Waals surface area contributed by atoms with Crippen LogP contribution in [0.4, 0.5) is 21.9 Å². The number of amides is 3. The largest absolute Gasteiger partial charge is 0.489 e. The van der Waals surface area contributed by atoms with Crippen molar-refractivity contribution in [1.82, 2.24) is 0 Å². The number of nitrogens with zero attached hydrogens (tertiary/aromatic N) is 2. The highest BCUT2D eigenvalue weighted by atomic mass is 79.9. The highest BCUT2D eigenvalue weighted by Crippen LogP contribution is 2.34. The van der Waals surface area contributed by atoms with Crippen molar-refractivity contribution in [2.75, 3.05) is 35.3 Å². The Balaban J connectivity index is 1.83. The van der Waals surface area contributed by atoms with Gasteiger partial charge in [0.25, 0.3) is 0 Å². The van der Waals surface area contributed by atoms with Crippen molar-refractivity contribution in [3.63, 3.8) is 0 Å². The van der Waals surface area contributed by atoms with Gasteiger partial charge in [0.1, 0.15) is 12.4 Å². The number of rotatable bonds is 3. The summed E-state index contributed by atoms with van der Waals surface area (Å²) in [6.07, 6.45) is 0.488. The zero-order valence-electron chi connectivity index (χ0n) is 13.0. The standard InChI is InChI=1S/C17H16BrN3O3/c1-20-7-8-24-16-10-14(5-6-15(16)20)21(11-22)17(23)19-13-4-2-3-12(18)9-13/h2-6,9-11H,7-8H2,1H3,(H,19,23). The molecule has 124 valence electrons. The number of hydrogen-bond donors (Lipinski definition) is 1. The zero-order chi connectivity index (χ0) is 17.1. The highest BCUT2D eigenvalue weighted by Gasteiger charge is 2.20. The van der Waals surface area contributed by atoms with Gasteiger partial charge in [-0.3, -0.25) is 4.79 Å². The number of imide groups is 1. The van der Waals surface area contributed by atoms with Crippen LogP contribution < -0.4 is 19.9 Å². The molecule has 7 heteroatoms. The summed E-state index contributed by atoms with van der Waals surface area (Å²) >= 11 is 3.34. The Morgan fingerprint density at radius 2 is 2.17 bits per heavy atom. The molecular weight excluding hydrogens is 374 g/mol. The van der Waals surface area contributed by atoms with Crippen LogP contribution >= 0.6 is 15.9 Å². The molecule has 3 amide bonds. The van der Waals surface area contributed by atoms with Gasteiger partial charge in [0.2, 0.25) is 6.41 Å². The van der Waals surface area contributed by atoms with Crippen molar-refractivity contribution in [2.24, 2.45) is 0 Å². The van der Waals surface area contributed by atoms with Gasteiger partial charge in [-0.05, 0) is 30.3 Å². The van der Waals surface area contributed by atoms with Crippen LogP contribution in [0.3, 0.4) is 0 Å². The molecule has 0 unspecified atom stereocenters. The van der Waals surface area contributed by atoms with Crippen molar-refractivity contribution in [3.05, 3.63) is 46.9 Å². The topological polar surface area (TPSA) is 61.9 Å². The predicted octanol–water partition coefficient (Wildman–Crippen LogP) is 3.47. The molecule has 0 saturated carbocycles. The van der Waals surface area contributed by atoms with Crippen LogP contribution in [-0.4, -0.2) is 32.6 Å². The first-order valence-corrected chi connectivity index (χ1v) is 8.17. The molecule has 0 radical (unpaired) electrons. The number of urea groups is 1. The number of likely N-dealkylation sites (N-methyl/N-ethyl adjacent to an activating group) is 1. The van der Waals surface area contributed by atoms with E-state index in [1.165, 1.54) is 0 Å². The molecule has 1 N–H and O–H groups in total. The van der Waals surface area contributed by atoms with E-state index in [-0.39, 0.29) is 0 Å². The Labute approximate surface area is 148 Å². The van der Waals surface area contributed by atoms with Crippen LogP contribution in [-0.2, 0) is 4.79 Å².